The third kappa shape index (κ3) is 1.86. The summed E-state index contributed by atoms with van der Waals surface area (Å²) in [5.41, 5.74) is 12.9. The molecule has 5 rings (SSSR count). The zero-order chi connectivity index (χ0) is 18.4. The molecule has 0 aliphatic heterocycles. The summed E-state index contributed by atoms with van der Waals surface area (Å²) in [6, 6.07) is 18.5. The van der Waals surface area contributed by atoms with Crippen molar-refractivity contribution in [3.63, 3.8) is 0 Å². The molecule has 26 heavy (non-hydrogen) atoms. The molecule has 0 heterocycles. The van der Waals surface area contributed by atoms with Crippen LogP contribution in [0.15, 0.2) is 53.0 Å². The van der Waals surface area contributed by atoms with Crippen LogP contribution in [0.4, 0.5) is 0 Å². The van der Waals surface area contributed by atoms with Gasteiger partial charge in [0.25, 0.3) is 0 Å². The van der Waals surface area contributed by atoms with Gasteiger partial charge in [0, 0.05) is 15.3 Å². The van der Waals surface area contributed by atoms with E-state index in [1.165, 1.54) is 50.0 Å². The number of halogens is 1. The Hall–Kier alpha value is -1.80. The minimum Gasteiger partial charge on any atom is -0.0886 e. The van der Waals surface area contributed by atoms with Crippen molar-refractivity contribution in [1.29, 1.82) is 0 Å². The lowest BCUT2D eigenvalue weighted by atomic mass is 9.77. The lowest BCUT2D eigenvalue weighted by Gasteiger charge is -2.26. The normalized spacial score (nSPS) is 17.4. The molecule has 3 aromatic rings. The Kier molecular flexibility index (Phi) is 3.10. The average molecular weight is 401 g/mol. The maximum absolute atomic E-state index is 3.68. The van der Waals surface area contributed by atoms with Gasteiger partial charge in [-0.15, -0.1) is 0 Å². The quantitative estimate of drug-likeness (QED) is 0.448. The van der Waals surface area contributed by atoms with Gasteiger partial charge < -0.3 is 0 Å². The highest BCUT2D eigenvalue weighted by molar-refractivity contribution is 9.10. The molecular formula is C24H22BBr. The number of hydrogen-bond donors (Lipinski definition) is 0. The van der Waals surface area contributed by atoms with Crippen LogP contribution in [0.3, 0.4) is 0 Å². The van der Waals surface area contributed by atoms with Crippen LogP contribution in [0.1, 0.15) is 49.9 Å². The zero-order valence-corrected chi connectivity index (χ0v) is 17.6. The molecule has 2 aliphatic carbocycles. The third-order valence-electron chi connectivity index (χ3n) is 6.57. The summed E-state index contributed by atoms with van der Waals surface area (Å²) in [5, 5.41) is 0. The van der Waals surface area contributed by atoms with Crippen LogP contribution in [-0.4, -0.2) is 7.85 Å². The minimum atomic E-state index is 0.00235. The van der Waals surface area contributed by atoms with Crippen molar-refractivity contribution in [3.8, 4) is 22.3 Å². The van der Waals surface area contributed by atoms with E-state index in [4.69, 9.17) is 0 Å². The van der Waals surface area contributed by atoms with Gasteiger partial charge in [-0.25, -0.2) is 0 Å². The number of fused-ring (bicyclic) bond motifs is 7. The summed E-state index contributed by atoms with van der Waals surface area (Å²) >= 11 is 3.68. The second kappa shape index (κ2) is 4.92. The fraction of sp³-hybridized carbons (Fsp3) is 0.250. The van der Waals surface area contributed by atoms with Crippen molar-refractivity contribution in [2.75, 3.05) is 0 Å². The molecule has 0 radical (unpaired) electrons. The third-order valence-corrected chi connectivity index (χ3v) is 7.06. The minimum absolute atomic E-state index is 0.00235. The summed E-state index contributed by atoms with van der Waals surface area (Å²) in [6.45, 7) is 9.50. The number of rotatable bonds is 0. The molecule has 0 amide bonds. The van der Waals surface area contributed by atoms with Crippen molar-refractivity contribution in [2.24, 2.45) is 0 Å². The van der Waals surface area contributed by atoms with Crippen LogP contribution in [0.2, 0.25) is 0 Å². The van der Waals surface area contributed by atoms with Crippen LogP contribution < -0.4 is 5.46 Å². The van der Waals surface area contributed by atoms with Crippen LogP contribution in [-0.2, 0) is 10.8 Å². The second-order valence-corrected chi connectivity index (χ2v) is 9.82. The average Bonchev–Trinajstić information content (AvgIpc) is 2.94. The molecule has 2 heteroatoms. The summed E-state index contributed by atoms with van der Waals surface area (Å²) in [4.78, 5) is 0. The van der Waals surface area contributed by atoms with Crippen molar-refractivity contribution in [2.45, 2.75) is 38.5 Å². The Morgan fingerprint density at radius 1 is 0.692 bits per heavy atom. The first-order valence-corrected chi connectivity index (χ1v) is 10.1. The van der Waals surface area contributed by atoms with E-state index in [2.05, 4.69) is 100 Å². The second-order valence-electron chi connectivity index (χ2n) is 8.90. The molecule has 3 aromatic carbocycles. The molecule has 128 valence electrons. The molecule has 0 bridgehead atoms. The summed E-state index contributed by atoms with van der Waals surface area (Å²) in [5.74, 6) is 0. The highest BCUT2D eigenvalue weighted by atomic mass is 79.9. The van der Waals surface area contributed by atoms with Gasteiger partial charge in [0.2, 0.25) is 0 Å². The molecule has 0 saturated carbocycles. The van der Waals surface area contributed by atoms with Crippen LogP contribution in [0.5, 0.6) is 0 Å². The van der Waals surface area contributed by atoms with Crippen molar-refractivity contribution in [1.82, 2.24) is 0 Å². The first-order chi connectivity index (χ1) is 12.2. The van der Waals surface area contributed by atoms with Gasteiger partial charge in [-0.05, 0) is 56.6 Å². The lowest BCUT2D eigenvalue weighted by molar-refractivity contribution is 0.647. The van der Waals surface area contributed by atoms with Crippen LogP contribution in [0, 0.1) is 0 Å². The molecule has 0 nitrogen and oxygen atoms in total. The van der Waals surface area contributed by atoms with E-state index in [1.54, 1.807) is 0 Å². The lowest BCUT2D eigenvalue weighted by Crippen LogP contribution is -2.19. The van der Waals surface area contributed by atoms with Gasteiger partial charge in [-0.3, -0.25) is 0 Å². The van der Waals surface area contributed by atoms with E-state index in [9.17, 15) is 0 Å². The van der Waals surface area contributed by atoms with Gasteiger partial charge in [0.1, 0.15) is 7.85 Å². The highest BCUT2D eigenvalue weighted by Gasteiger charge is 2.44. The number of benzene rings is 3. The van der Waals surface area contributed by atoms with Crippen LogP contribution in [0.25, 0.3) is 22.3 Å². The van der Waals surface area contributed by atoms with Crippen LogP contribution >= 0.6 is 15.9 Å². The van der Waals surface area contributed by atoms with E-state index < -0.39 is 0 Å². The Morgan fingerprint density at radius 2 is 1.35 bits per heavy atom. The first kappa shape index (κ1) is 16.4. The monoisotopic (exact) mass is 400 g/mol. The Morgan fingerprint density at radius 3 is 2.12 bits per heavy atom. The fourth-order valence-corrected chi connectivity index (χ4v) is 5.58. The SMILES string of the molecule is Bc1ccc2c(c1)C(C)(C)c1ccc3c(c1-2)C(C)(C)c1cc(Br)ccc1-3. The van der Waals surface area contributed by atoms with E-state index in [0.29, 0.717) is 0 Å². The van der Waals surface area contributed by atoms with Crippen molar-refractivity contribution >= 4 is 29.2 Å². The molecule has 0 fully saturated rings. The Balaban J connectivity index is 1.91. The van der Waals surface area contributed by atoms with Crippen molar-refractivity contribution < 1.29 is 0 Å². The summed E-state index contributed by atoms with van der Waals surface area (Å²) < 4.78 is 1.16. The smallest absolute Gasteiger partial charge is 0.0886 e. The van der Waals surface area contributed by atoms with Gasteiger partial charge in [0.15, 0.2) is 0 Å². The molecule has 0 unspecified atom stereocenters. The zero-order valence-electron chi connectivity index (χ0n) is 16.0. The standard InChI is InChI=1S/C24H22BBr/c1-23(2)18-10-9-16-15-8-6-14(26)12-20(15)24(3,4)22(16)21(18)17-7-5-13(25)11-19(17)23/h5-12H,25H2,1-4H3. The van der Waals surface area contributed by atoms with E-state index >= 15 is 0 Å². The van der Waals surface area contributed by atoms with E-state index in [-0.39, 0.29) is 10.8 Å². The molecule has 2 aliphatic rings. The summed E-state index contributed by atoms with van der Waals surface area (Å²) in [7, 11) is 2.20. The molecule has 0 spiro atoms. The largest absolute Gasteiger partial charge is 0.139 e. The molecular weight excluding hydrogens is 379 g/mol. The topological polar surface area (TPSA) is 0 Å². The predicted molar refractivity (Wildman–Crippen MR) is 117 cm³/mol. The van der Waals surface area contributed by atoms with Gasteiger partial charge in [-0.1, -0.05) is 85.5 Å². The summed E-state index contributed by atoms with van der Waals surface area (Å²) in [6.07, 6.45) is 0. The van der Waals surface area contributed by atoms with E-state index in [0.717, 1.165) is 4.47 Å². The molecule has 0 atom stereocenters. The Bertz CT molecular complexity index is 1110. The first-order valence-electron chi connectivity index (χ1n) is 9.33. The van der Waals surface area contributed by atoms with E-state index in [1.807, 2.05) is 0 Å². The Labute approximate surface area is 165 Å². The molecule has 0 aromatic heterocycles. The highest BCUT2D eigenvalue weighted by Crippen LogP contribution is 2.58. The molecule has 0 N–H and O–H groups in total. The fourth-order valence-electron chi connectivity index (χ4n) is 5.22. The number of hydrogen-bond acceptors (Lipinski definition) is 0. The van der Waals surface area contributed by atoms with Gasteiger partial charge in [-0.2, -0.15) is 0 Å². The maximum atomic E-state index is 3.68. The molecule has 0 saturated heterocycles. The van der Waals surface area contributed by atoms with Gasteiger partial charge in [0.05, 0.1) is 0 Å². The predicted octanol–water partition coefficient (Wildman–Crippen LogP) is 5.32. The van der Waals surface area contributed by atoms with Crippen molar-refractivity contribution in [3.05, 3.63) is 75.3 Å². The van der Waals surface area contributed by atoms with Gasteiger partial charge >= 0.3 is 0 Å². The maximum Gasteiger partial charge on any atom is 0.139 e.